The van der Waals surface area contributed by atoms with Gasteiger partial charge in [-0.25, -0.2) is 0 Å². The molecule has 0 saturated carbocycles. The van der Waals surface area contributed by atoms with Gasteiger partial charge in [0, 0.05) is 31.1 Å². The molecule has 110 valence electrons. The molecule has 0 saturated heterocycles. The summed E-state index contributed by atoms with van der Waals surface area (Å²) in [6.45, 7) is 0.640. The Balaban J connectivity index is 2.07. The van der Waals surface area contributed by atoms with Crippen molar-refractivity contribution in [2.45, 2.75) is 12.0 Å². The lowest BCUT2D eigenvalue weighted by molar-refractivity contribution is -0.114. The van der Waals surface area contributed by atoms with E-state index in [-0.39, 0.29) is 5.78 Å². The van der Waals surface area contributed by atoms with Crippen molar-refractivity contribution in [2.75, 3.05) is 13.6 Å². The number of hydrogen-bond acceptors (Lipinski definition) is 3. The molecular formula is C19H17NO2. The van der Waals surface area contributed by atoms with Crippen molar-refractivity contribution < 1.29 is 9.90 Å². The Morgan fingerprint density at radius 3 is 2.50 bits per heavy atom. The number of rotatable bonds is 1. The standard InChI is InChI=1S/C19H17NO2/c1-20-12-11-16(21)17-14-9-5-6-10-15(14)19(22,18(17)20)13-7-3-2-4-8-13/h2-10,22H,11-12H2,1H3. The number of hydrogen-bond donors (Lipinski definition) is 1. The van der Waals surface area contributed by atoms with E-state index in [1.165, 1.54) is 0 Å². The highest BCUT2D eigenvalue weighted by Crippen LogP contribution is 2.51. The molecule has 0 aromatic heterocycles. The second-order valence-corrected chi connectivity index (χ2v) is 5.94. The van der Waals surface area contributed by atoms with Gasteiger partial charge in [0.05, 0.1) is 5.70 Å². The molecule has 0 bridgehead atoms. The second-order valence-electron chi connectivity index (χ2n) is 5.94. The van der Waals surface area contributed by atoms with Crippen molar-refractivity contribution in [3.05, 3.63) is 77.0 Å². The molecule has 3 nitrogen and oxygen atoms in total. The number of carbonyl (C=O) groups is 1. The van der Waals surface area contributed by atoms with Crippen LogP contribution in [0.5, 0.6) is 0 Å². The third kappa shape index (κ3) is 1.57. The van der Waals surface area contributed by atoms with E-state index in [0.717, 1.165) is 22.4 Å². The number of allylic oxidation sites excluding steroid dienone is 1. The van der Waals surface area contributed by atoms with Crippen LogP contribution in [-0.2, 0) is 10.4 Å². The molecule has 0 amide bonds. The second kappa shape index (κ2) is 4.55. The van der Waals surface area contributed by atoms with Crippen molar-refractivity contribution in [2.24, 2.45) is 0 Å². The summed E-state index contributed by atoms with van der Waals surface area (Å²) in [5, 5.41) is 11.6. The number of nitrogens with zero attached hydrogens (tertiary/aromatic N) is 1. The number of carbonyl (C=O) groups excluding carboxylic acids is 1. The third-order valence-corrected chi connectivity index (χ3v) is 4.69. The van der Waals surface area contributed by atoms with Gasteiger partial charge < -0.3 is 10.0 Å². The molecule has 1 aliphatic heterocycles. The van der Waals surface area contributed by atoms with Crippen LogP contribution in [-0.4, -0.2) is 29.4 Å². The van der Waals surface area contributed by atoms with Crippen molar-refractivity contribution in [3.63, 3.8) is 0 Å². The molecule has 1 atom stereocenters. The smallest absolute Gasteiger partial charge is 0.167 e. The van der Waals surface area contributed by atoms with Gasteiger partial charge in [-0.1, -0.05) is 54.6 Å². The van der Waals surface area contributed by atoms with Gasteiger partial charge in [0.1, 0.15) is 0 Å². The van der Waals surface area contributed by atoms with Gasteiger partial charge in [0.2, 0.25) is 0 Å². The first-order valence-electron chi connectivity index (χ1n) is 7.51. The molecule has 2 aromatic rings. The van der Waals surface area contributed by atoms with Gasteiger partial charge in [0.25, 0.3) is 0 Å². The largest absolute Gasteiger partial charge is 0.374 e. The van der Waals surface area contributed by atoms with E-state index in [1.54, 1.807) is 0 Å². The summed E-state index contributed by atoms with van der Waals surface area (Å²) in [6, 6.07) is 17.3. The summed E-state index contributed by atoms with van der Waals surface area (Å²) in [7, 11) is 1.95. The minimum atomic E-state index is -1.25. The Bertz CT molecular complexity index is 794. The monoisotopic (exact) mass is 291 g/mol. The van der Waals surface area contributed by atoms with Crippen LogP contribution in [0.3, 0.4) is 0 Å². The molecule has 0 fully saturated rings. The zero-order valence-electron chi connectivity index (χ0n) is 12.4. The van der Waals surface area contributed by atoms with Crippen LogP contribution in [0.2, 0.25) is 0 Å². The van der Waals surface area contributed by atoms with E-state index in [1.807, 2.05) is 66.5 Å². The number of fused-ring (bicyclic) bond motifs is 2. The van der Waals surface area contributed by atoms with Crippen LogP contribution in [0, 0.1) is 0 Å². The van der Waals surface area contributed by atoms with E-state index in [4.69, 9.17) is 0 Å². The van der Waals surface area contributed by atoms with Crippen LogP contribution >= 0.6 is 0 Å². The van der Waals surface area contributed by atoms with Gasteiger partial charge >= 0.3 is 0 Å². The van der Waals surface area contributed by atoms with Crippen LogP contribution < -0.4 is 0 Å². The van der Waals surface area contributed by atoms with Gasteiger partial charge in [-0.3, -0.25) is 4.79 Å². The van der Waals surface area contributed by atoms with E-state index in [0.29, 0.717) is 18.5 Å². The zero-order chi connectivity index (χ0) is 15.3. The molecule has 1 aliphatic carbocycles. The highest BCUT2D eigenvalue weighted by Gasteiger charge is 2.49. The van der Waals surface area contributed by atoms with Gasteiger partial charge in [-0.15, -0.1) is 0 Å². The Morgan fingerprint density at radius 1 is 1.05 bits per heavy atom. The van der Waals surface area contributed by atoms with Crippen molar-refractivity contribution >= 4 is 11.4 Å². The quantitative estimate of drug-likeness (QED) is 0.878. The fourth-order valence-corrected chi connectivity index (χ4v) is 3.68. The molecule has 22 heavy (non-hydrogen) atoms. The fraction of sp³-hybridized carbons (Fsp3) is 0.211. The molecule has 1 N–H and O–H groups in total. The number of aliphatic hydroxyl groups is 1. The molecule has 3 heteroatoms. The minimum absolute atomic E-state index is 0.118. The van der Waals surface area contributed by atoms with Crippen LogP contribution in [0.15, 0.2) is 60.3 Å². The summed E-state index contributed by atoms with van der Waals surface area (Å²) in [5.41, 5.74) is 2.60. The van der Waals surface area contributed by atoms with Crippen LogP contribution in [0.1, 0.15) is 23.1 Å². The minimum Gasteiger partial charge on any atom is -0.374 e. The molecule has 2 aromatic carbocycles. The Hall–Kier alpha value is -2.39. The highest BCUT2D eigenvalue weighted by atomic mass is 16.3. The van der Waals surface area contributed by atoms with Crippen molar-refractivity contribution in [1.29, 1.82) is 0 Å². The van der Waals surface area contributed by atoms with E-state index >= 15 is 0 Å². The van der Waals surface area contributed by atoms with Gasteiger partial charge in [-0.05, 0) is 11.1 Å². The van der Waals surface area contributed by atoms with E-state index in [9.17, 15) is 9.90 Å². The molecule has 4 rings (SSSR count). The highest BCUT2D eigenvalue weighted by molar-refractivity contribution is 6.24. The predicted octanol–water partition coefficient (Wildman–Crippen LogP) is 2.55. The molecular weight excluding hydrogens is 274 g/mol. The molecule has 2 aliphatic rings. The fourth-order valence-electron chi connectivity index (χ4n) is 3.68. The Morgan fingerprint density at radius 2 is 1.73 bits per heavy atom. The first-order chi connectivity index (χ1) is 10.6. The van der Waals surface area contributed by atoms with Crippen LogP contribution in [0.25, 0.3) is 5.57 Å². The number of Topliss-reactive ketones (excluding diaryl/α,β-unsaturated/α-hetero) is 1. The number of benzene rings is 2. The lowest BCUT2D eigenvalue weighted by Crippen LogP contribution is -2.39. The number of ketones is 1. The lowest BCUT2D eigenvalue weighted by Gasteiger charge is -2.36. The molecule has 0 radical (unpaired) electrons. The van der Waals surface area contributed by atoms with Crippen molar-refractivity contribution in [1.82, 2.24) is 4.90 Å². The average molecular weight is 291 g/mol. The maximum Gasteiger partial charge on any atom is 0.167 e. The van der Waals surface area contributed by atoms with Crippen LogP contribution in [0.4, 0.5) is 0 Å². The molecule has 1 unspecified atom stereocenters. The summed E-state index contributed by atoms with van der Waals surface area (Å²) in [6.07, 6.45) is 0.495. The van der Waals surface area contributed by atoms with Gasteiger partial charge in [0.15, 0.2) is 11.4 Å². The van der Waals surface area contributed by atoms with Crippen molar-refractivity contribution in [3.8, 4) is 0 Å². The number of likely N-dealkylation sites (N-methyl/N-ethyl adjacent to an activating group) is 1. The topological polar surface area (TPSA) is 40.5 Å². The SMILES string of the molecule is CN1CCC(=O)C2=C1C(O)(c1ccccc1)c1ccccc12. The summed E-state index contributed by atoms with van der Waals surface area (Å²) < 4.78 is 0. The summed E-state index contributed by atoms with van der Waals surface area (Å²) in [5.74, 6) is 0.118. The normalized spacial score (nSPS) is 23.5. The zero-order valence-corrected chi connectivity index (χ0v) is 12.4. The van der Waals surface area contributed by atoms with Gasteiger partial charge in [-0.2, -0.15) is 0 Å². The Kier molecular flexibility index (Phi) is 2.75. The van der Waals surface area contributed by atoms with E-state index in [2.05, 4.69) is 0 Å². The summed E-state index contributed by atoms with van der Waals surface area (Å²) in [4.78, 5) is 14.5. The maximum absolute atomic E-state index is 12.5. The average Bonchev–Trinajstić information content (AvgIpc) is 2.84. The Labute approximate surface area is 129 Å². The van der Waals surface area contributed by atoms with E-state index < -0.39 is 5.60 Å². The first-order valence-corrected chi connectivity index (χ1v) is 7.51. The summed E-state index contributed by atoms with van der Waals surface area (Å²) >= 11 is 0. The molecule has 1 heterocycles. The maximum atomic E-state index is 12.5. The first kappa shape index (κ1) is 13.3. The molecule has 0 spiro atoms. The lowest BCUT2D eigenvalue weighted by atomic mass is 9.85. The third-order valence-electron chi connectivity index (χ3n) is 4.69. The predicted molar refractivity (Wildman–Crippen MR) is 85.1 cm³/mol.